The first-order valence-electron chi connectivity index (χ1n) is 5.30. The summed E-state index contributed by atoms with van der Waals surface area (Å²) < 4.78 is 0. The molecule has 0 aromatic heterocycles. The molecule has 1 aromatic rings. The minimum atomic E-state index is -0.332. The van der Waals surface area contributed by atoms with Crippen molar-refractivity contribution in [3.05, 3.63) is 35.4 Å². The highest BCUT2D eigenvalue weighted by atomic mass is 35.5. The molecule has 0 saturated carbocycles. The van der Waals surface area contributed by atoms with Crippen molar-refractivity contribution in [3.8, 4) is 0 Å². The van der Waals surface area contributed by atoms with E-state index in [0.717, 1.165) is 11.1 Å². The molecule has 0 unspecified atom stereocenters. The average Bonchev–Trinajstić information content (AvgIpc) is 2.27. The first-order valence-corrected chi connectivity index (χ1v) is 5.83. The Balaban J connectivity index is 3.00. The lowest BCUT2D eigenvalue weighted by molar-refractivity contribution is 0.0659. The van der Waals surface area contributed by atoms with E-state index in [1.165, 1.54) is 0 Å². The Morgan fingerprint density at radius 3 is 2.44 bits per heavy atom. The second-order valence-electron chi connectivity index (χ2n) is 4.63. The number of aryl methyl sites for hydroxylation is 1. The molecule has 0 N–H and O–H groups in total. The summed E-state index contributed by atoms with van der Waals surface area (Å²) in [5.74, 6) is 0.435. The molecule has 0 heterocycles. The number of nitrogens with zero attached hydrogens (tertiary/aromatic N) is 1. The molecule has 2 nitrogen and oxygen atoms in total. The number of halogens is 1. The van der Waals surface area contributed by atoms with Crippen LogP contribution in [-0.4, -0.2) is 29.3 Å². The van der Waals surface area contributed by atoms with Gasteiger partial charge in [-0.15, -0.1) is 11.6 Å². The highest BCUT2D eigenvalue weighted by Gasteiger charge is 2.27. The lowest BCUT2D eigenvalue weighted by Gasteiger charge is -2.34. The summed E-state index contributed by atoms with van der Waals surface area (Å²) in [6.45, 7) is 5.85. The van der Waals surface area contributed by atoms with Gasteiger partial charge in [-0.05, 0) is 32.4 Å². The Morgan fingerprint density at radius 1 is 1.38 bits per heavy atom. The fourth-order valence-electron chi connectivity index (χ4n) is 1.36. The van der Waals surface area contributed by atoms with Crippen LogP contribution in [0.2, 0.25) is 0 Å². The molecule has 0 aliphatic carbocycles. The maximum atomic E-state index is 12.2. The Labute approximate surface area is 102 Å². The molecule has 0 spiro atoms. The van der Waals surface area contributed by atoms with Crippen molar-refractivity contribution in [2.24, 2.45) is 0 Å². The zero-order valence-electron chi connectivity index (χ0n) is 10.2. The molecule has 0 bridgehead atoms. The molecular formula is C13H18ClNO. The van der Waals surface area contributed by atoms with Crippen molar-refractivity contribution in [1.82, 2.24) is 4.90 Å². The molecule has 88 valence electrons. The van der Waals surface area contributed by atoms with Crippen molar-refractivity contribution >= 4 is 17.5 Å². The minimum absolute atomic E-state index is 0.0174. The maximum Gasteiger partial charge on any atom is 0.254 e. The Kier molecular flexibility index (Phi) is 3.98. The van der Waals surface area contributed by atoms with Gasteiger partial charge in [-0.2, -0.15) is 0 Å². The van der Waals surface area contributed by atoms with Crippen LogP contribution in [0.3, 0.4) is 0 Å². The standard InChI is InChI=1S/C13H18ClNO/c1-10-7-5-6-8-11(10)12(16)15(4)13(2,3)9-14/h5-8H,9H2,1-4H3. The van der Waals surface area contributed by atoms with Crippen molar-refractivity contribution in [2.75, 3.05) is 12.9 Å². The summed E-state index contributed by atoms with van der Waals surface area (Å²) in [4.78, 5) is 13.9. The number of hydrogen-bond acceptors (Lipinski definition) is 1. The number of hydrogen-bond donors (Lipinski definition) is 0. The number of benzene rings is 1. The van der Waals surface area contributed by atoms with Gasteiger partial charge in [-0.1, -0.05) is 18.2 Å². The molecule has 0 radical (unpaired) electrons. The monoisotopic (exact) mass is 239 g/mol. The van der Waals surface area contributed by atoms with Gasteiger partial charge in [0.1, 0.15) is 0 Å². The topological polar surface area (TPSA) is 20.3 Å². The predicted molar refractivity (Wildman–Crippen MR) is 68.1 cm³/mol. The van der Waals surface area contributed by atoms with Gasteiger partial charge in [0, 0.05) is 18.5 Å². The minimum Gasteiger partial charge on any atom is -0.335 e. The van der Waals surface area contributed by atoms with Gasteiger partial charge in [-0.25, -0.2) is 0 Å². The van der Waals surface area contributed by atoms with Crippen LogP contribution in [0.5, 0.6) is 0 Å². The summed E-state index contributed by atoms with van der Waals surface area (Å²) >= 11 is 5.87. The van der Waals surface area contributed by atoms with E-state index in [0.29, 0.717) is 5.88 Å². The molecule has 16 heavy (non-hydrogen) atoms. The molecule has 0 fully saturated rings. The zero-order chi connectivity index (χ0) is 12.3. The third-order valence-electron chi connectivity index (χ3n) is 2.92. The largest absolute Gasteiger partial charge is 0.335 e. The van der Waals surface area contributed by atoms with E-state index in [1.807, 2.05) is 45.0 Å². The van der Waals surface area contributed by atoms with Crippen LogP contribution in [0.25, 0.3) is 0 Å². The van der Waals surface area contributed by atoms with Gasteiger partial charge in [0.25, 0.3) is 5.91 Å². The quantitative estimate of drug-likeness (QED) is 0.743. The van der Waals surface area contributed by atoms with Crippen LogP contribution in [-0.2, 0) is 0 Å². The second-order valence-corrected chi connectivity index (χ2v) is 4.89. The number of amides is 1. The third kappa shape index (κ3) is 2.56. The summed E-state index contributed by atoms with van der Waals surface area (Å²) in [6, 6.07) is 7.59. The fraction of sp³-hybridized carbons (Fsp3) is 0.462. The van der Waals surface area contributed by atoms with E-state index in [-0.39, 0.29) is 11.4 Å². The molecule has 0 aliphatic heterocycles. The number of carbonyl (C=O) groups is 1. The Hall–Kier alpha value is -1.02. The smallest absolute Gasteiger partial charge is 0.254 e. The van der Waals surface area contributed by atoms with Crippen LogP contribution in [0, 0.1) is 6.92 Å². The zero-order valence-corrected chi connectivity index (χ0v) is 11.0. The Bertz CT molecular complexity index is 387. The average molecular weight is 240 g/mol. The van der Waals surface area contributed by atoms with Crippen LogP contribution in [0.1, 0.15) is 29.8 Å². The van der Waals surface area contributed by atoms with Gasteiger partial charge in [0.15, 0.2) is 0 Å². The van der Waals surface area contributed by atoms with Crippen molar-refractivity contribution in [1.29, 1.82) is 0 Å². The molecule has 1 rings (SSSR count). The first kappa shape index (κ1) is 13.0. The molecule has 0 atom stereocenters. The van der Waals surface area contributed by atoms with Crippen molar-refractivity contribution < 1.29 is 4.79 Å². The van der Waals surface area contributed by atoms with Crippen molar-refractivity contribution in [3.63, 3.8) is 0 Å². The van der Waals surface area contributed by atoms with E-state index < -0.39 is 0 Å². The summed E-state index contributed by atoms with van der Waals surface area (Å²) in [7, 11) is 1.79. The summed E-state index contributed by atoms with van der Waals surface area (Å²) in [6.07, 6.45) is 0. The van der Waals surface area contributed by atoms with E-state index >= 15 is 0 Å². The van der Waals surface area contributed by atoms with Crippen molar-refractivity contribution in [2.45, 2.75) is 26.3 Å². The van der Waals surface area contributed by atoms with Gasteiger partial charge >= 0.3 is 0 Å². The van der Waals surface area contributed by atoms with E-state index in [4.69, 9.17) is 11.6 Å². The second kappa shape index (κ2) is 4.88. The maximum absolute atomic E-state index is 12.2. The van der Waals surface area contributed by atoms with E-state index in [9.17, 15) is 4.79 Å². The number of rotatable bonds is 3. The summed E-state index contributed by atoms with van der Waals surface area (Å²) in [5.41, 5.74) is 1.40. The highest BCUT2D eigenvalue weighted by Crippen LogP contribution is 2.19. The normalized spacial score (nSPS) is 11.3. The molecule has 1 amide bonds. The SMILES string of the molecule is Cc1ccccc1C(=O)N(C)C(C)(C)CCl. The van der Waals surface area contributed by atoms with E-state index in [2.05, 4.69) is 0 Å². The van der Waals surface area contributed by atoms with Crippen LogP contribution in [0.4, 0.5) is 0 Å². The molecule has 3 heteroatoms. The van der Waals surface area contributed by atoms with Crippen LogP contribution in [0.15, 0.2) is 24.3 Å². The van der Waals surface area contributed by atoms with Gasteiger partial charge < -0.3 is 4.90 Å². The van der Waals surface area contributed by atoms with Gasteiger partial charge in [0.2, 0.25) is 0 Å². The highest BCUT2D eigenvalue weighted by molar-refractivity contribution is 6.18. The molecule has 0 saturated heterocycles. The van der Waals surface area contributed by atoms with Crippen LogP contribution >= 0.6 is 11.6 Å². The lowest BCUT2D eigenvalue weighted by Crippen LogP contribution is -2.46. The Morgan fingerprint density at radius 2 is 1.94 bits per heavy atom. The first-order chi connectivity index (χ1) is 7.40. The van der Waals surface area contributed by atoms with E-state index in [1.54, 1.807) is 11.9 Å². The third-order valence-corrected chi connectivity index (χ3v) is 3.57. The van der Waals surface area contributed by atoms with Gasteiger partial charge in [0.05, 0.1) is 5.54 Å². The molecule has 1 aromatic carbocycles. The fourth-order valence-corrected chi connectivity index (χ4v) is 1.54. The van der Waals surface area contributed by atoms with Gasteiger partial charge in [-0.3, -0.25) is 4.79 Å². The molecule has 0 aliphatic rings. The predicted octanol–water partition coefficient (Wildman–Crippen LogP) is 3.08. The molecular weight excluding hydrogens is 222 g/mol. The summed E-state index contributed by atoms with van der Waals surface area (Å²) in [5, 5.41) is 0. The van der Waals surface area contributed by atoms with Crippen LogP contribution < -0.4 is 0 Å². The lowest BCUT2D eigenvalue weighted by atomic mass is 10.0. The number of alkyl halides is 1. The number of carbonyl (C=O) groups excluding carboxylic acids is 1.